The van der Waals surface area contributed by atoms with Gasteiger partial charge in [-0.3, -0.25) is 4.79 Å². The molecule has 2 aliphatic heterocycles. The number of hydrogen-bond donors (Lipinski definition) is 1. The lowest BCUT2D eigenvalue weighted by Gasteiger charge is -2.44. The predicted octanol–water partition coefficient (Wildman–Crippen LogP) is 1.57. The number of benzene rings is 1. The smallest absolute Gasteiger partial charge is 0.317 e. The lowest BCUT2D eigenvalue weighted by molar-refractivity contribution is -0.122. The van der Waals surface area contributed by atoms with Gasteiger partial charge in [-0.2, -0.15) is 0 Å². The first-order valence-corrected chi connectivity index (χ1v) is 10.8. The summed E-state index contributed by atoms with van der Waals surface area (Å²) in [6, 6.07) is 5.33. The summed E-state index contributed by atoms with van der Waals surface area (Å²) in [6.45, 7) is 4.30. The summed E-state index contributed by atoms with van der Waals surface area (Å²) in [6.07, 6.45) is 1.71. The topological polar surface area (TPSA) is 102 Å². The Morgan fingerprint density at radius 3 is 2.84 bits per heavy atom. The maximum absolute atomic E-state index is 13.3. The molecule has 32 heavy (non-hydrogen) atoms. The molecule has 3 amide bonds. The third-order valence-electron chi connectivity index (χ3n) is 6.17. The largest absolute Gasteiger partial charge is 0.497 e. The molecule has 2 aliphatic rings. The number of carbonyl (C=O) groups excluding carboxylic acids is 2. The molecule has 0 saturated carbocycles. The van der Waals surface area contributed by atoms with Crippen LogP contribution in [0.1, 0.15) is 40.2 Å². The summed E-state index contributed by atoms with van der Waals surface area (Å²) in [4.78, 5) is 28.4. The van der Waals surface area contributed by atoms with Gasteiger partial charge >= 0.3 is 6.03 Å². The zero-order valence-electron chi connectivity index (χ0n) is 19.1. The van der Waals surface area contributed by atoms with Crippen molar-refractivity contribution in [1.29, 1.82) is 0 Å². The van der Waals surface area contributed by atoms with E-state index in [-0.39, 0.29) is 11.9 Å². The van der Waals surface area contributed by atoms with Crippen molar-refractivity contribution >= 4 is 11.9 Å². The van der Waals surface area contributed by atoms with Crippen LogP contribution in [0.5, 0.6) is 5.75 Å². The number of urea groups is 1. The molecule has 0 aliphatic carbocycles. The first-order chi connectivity index (χ1) is 15.3. The molecule has 1 fully saturated rings. The summed E-state index contributed by atoms with van der Waals surface area (Å²) in [5, 5.41) is 11.4. The number of amides is 3. The van der Waals surface area contributed by atoms with Crippen molar-refractivity contribution in [2.24, 2.45) is 0 Å². The molecule has 10 nitrogen and oxygen atoms in total. The highest BCUT2D eigenvalue weighted by Crippen LogP contribution is 2.33. The average molecular weight is 443 g/mol. The Kier molecular flexibility index (Phi) is 6.05. The van der Waals surface area contributed by atoms with Crippen LogP contribution >= 0.6 is 0 Å². The van der Waals surface area contributed by atoms with Gasteiger partial charge < -0.3 is 24.6 Å². The Labute approximate surface area is 187 Å². The van der Waals surface area contributed by atoms with Crippen LogP contribution in [0.3, 0.4) is 0 Å². The number of piperidine rings is 1. The number of rotatable bonds is 4. The molecule has 3 heterocycles. The number of nitrogens with one attached hydrogen (secondary N) is 1. The molecule has 1 spiro atoms. The van der Waals surface area contributed by atoms with E-state index in [1.165, 1.54) is 4.90 Å². The van der Waals surface area contributed by atoms with E-state index in [1.807, 2.05) is 34.7 Å². The van der Waals surface area contributed by atoms with Crippen LogP contribution in [-0.2, 0) is 24.4 Å². The van der Waals surface area contributed by atoms with E-state index in [1.54, 1.807) is 21.2 Å². The SMILES string of the molecule is COc1ccc(C(=O)N2CCCC3(C2)Cn2nnc(CNC(=O)N(C)C)c2CO3)c(C)c1. The summed E-state index contributed by atoms with van der Waals surface area (Å²) in [5.74, 6) is 0.741. The van der Waals surface area contributed by atoms with Gasteiger partial charge in [0.2, 0.25) is 0 Å². The average Bonchev–Trinajstić information content (AvgIpc) is 3.18. The van der Waals surface area contributed by atoms with Gasteiger partial charge in [-0.1, -0.05) is 5.21 Å². The van der Waals surface area contributed by atoms with Gasteiger partial charge in [0.25, 0.3) is 5.91 Å². The Morgan fingerprint density at radius 1 is 1.31 bits per heavy atom. The fourth-order valence-corrected chi connectivity index (χ4v) is 4.34. The molecule has 172 valence electrons. The van der Waals surface area contributed by atoms with Crippen LogP contribution in [0.4, 0.5) is 4.79 Å². The normalized spacial score (nSPS) is 20.1. The highest BCUT2D eigenvalue weighted by Gasteiger charge is 2.42. The van der Waals surface area contributed by atoms with Crippen molar-refractivity contribution < 1.29 is 19.1 Å². The molecule has 0 bridgehead atoms. The Bertz CT molecular complexity index is 1020. The van der Waals surface area contributed by atoms with Gasteiger partial charge in [0.05, 0.1) is 39.0 Å². The number of hydrogen-bond acceptors (Lipinski definition) is 6. The zero-order chi connectivity index (χ0) is 22.9. The Balaban J connectivity index is 1.46. The van der Waals surface area contributed by atoms with Gasteiger partial charge in [-0.25, -0.2) is 9.48 Å². The van der Waals surface area contributed by atoms with E-state index in [9.17, 15) is 9.59 Å². The van der Waals surface area contributed by atoms with Crippen molar-refractivity contribution in [2.75, 3.05) is 34.3 Å². The standard InChI is InChI=1S/C22H30N6O4/c1-15-10-16(31-4)6-7-17(15)20(29)27-9-5-8-22(13-27)14-28-19(12-32-22)18(24-25-28)11-23-21(30)26(2)3/h6-7,10H,5,8-9,11-14H2,1-4H3,(H,23,30). The van der Waals surface area contributed by atoms with Crippen molar-refractivity contribution in [3.05, 3.63) is 40.7 Å². The summed E-state index contributed by atoms with van der Waals surface area (Å²) >= 11 is 0. The van der Waals surface area contributed by atoms with Crippen LogP contribution in [0.15, 0.2) is 18.2 Å². The molecular formula is C22H30N6O4. The number of carbonyl (C=O) groups is 2. The van der Waals surface area contributed by atoms with Crippen molar-refractivity contribution in [3.8, 4) is 5.75 Å². The van der Waals surface area contributed by atoms with Crippen molar-refractivity contribution in [3.63, 3.8) is 0 Å². The Hall–Kier alpha value is -3.14. The molecule has 1 aromatic carbocycles. The lowest BCUT2D eigenvalue weighted by Crippen LogP contribution is -2.55. The second-order valence-electron chi connectivity index (χ2n) is 8.68. The minimum absolute atomic E-state index is 0.00398. The predicted molar refractivity (Wildman–Crippen MR) is 116 cm³/mol. The van der Waals surface area contributed by atoms with E-state index in [0.29, 0.717) is 44.0 Å². The maximum Gasteiger partial charge on any atom is 0.317 e. The van der Waals surface area contributed by atoms with Gasteiger partial charge in [-0.15, -0.1) is 5.10 Å². The third-order valence-corrected chi connectivity index (χ3v) is 6.17. The second-order valence-corrected chi connectivity index (χ2v) is 8.68. The monoisotopic (exact) mass is 442 g/mol. The number of methoxy groups -OCH3 is 1. The fraction of sp³-hybridized carbons (Fsp3) is 0.545. The van der Waals surface area contributed by atoms with Gasteiger partial charge in [0.15, 0.2) is 0 Å². The molecule has 2 aromatic rings. The highest BCUT2D eigenvalue weighted by atomic mass is 16.5. The molecule has 1 N–H and O–H groups in total. The molecule has 10 heteroatoms. The van der Waals surface area contributed by atoms with Crippen LogP contribution in [0.2, 0.25) is 0 Å². The lowest BCUT2D eigenvalue weighted by atomic mass is 9.90. The Morgan fingerprint density at radius 2 is 2.12 bits per heavy atom. The molecule has 1 unspecified atom stereocenters. The fourth-order valence-electron chi connectivity index (χ4n) is 4.34. The minimum Gasteiger partial charge on any atom is -0.497 e. The minimum atomic E-state index is -0.487. The number of aromatic nitrogens is 3. The number of likely N-dealkylation sites (tertiary alicyclic amines) is 1. The van der Waals surface area contributed by atoms with Gasteiger partial charge in [0.1, 0.15) is 17.0 Å². The van der Waals surface area contributed by atoms with Crippen molar-refractivity contribution in [1.82, 2.24) is 30.1 Å². The number of ether oxygens (including phenoxy) is 2. The van der Waals surface area contributed by atoms with Crippen LogP contribution < -0.4 is 10.1 Å². The van der Waals surface area contributed by atoms with E-state index < -0.39 is 5.60 Å². The molecule has 1 saturated heterocycles. The summed E-state index contributed by atoms with van der Waals surface area (Å²) < 4.78 is 13.4. The third kappa shape index (κ3) is 4.27. The van der Waals surface area contributed by atoms with E-state index in [4.69, 9.17) is 9.47 Å². The van der Waals surface area contributed by atoms with Gasteiger partial charge in [0, 0.05) is 26.2 Å². The van der Waals surface area contributed by atoms with Crippen LogP contribution in [-0.4, -0.2) is 76.6 Å². The highest BCUT2D eigenvalue weighted by molar-refractivity contribution is 5.96. The first-order valence-electron chi connectivity index (χ1n) is 10.8. The number of fused-ring (bicyclic) bond motifs is 1. The van der Waals surface area contributed by atoms with E-state index in [2.05, 4.69) is 15.6 Å². The van der Waals surface area contributed by atoms with Gasteiger partial charge in [-0.05, 0) is 43.5 Å². The summed E-state index contributed by atoms with van der Waals surface area (Å²) in [5.41, 5.74) is 2.65. The number of aryl methyl sites for hydroxylation is 1. The summed E-state index contributed by atoms with van der Waals surface area (Å²) in [7, 11) is 4.99. The molecule has 0 radical (unpaired) electrons. The molecule has 4 rings (SSSR count). The second kappa shape index (κ2) is 8.78. The van der Waals surface area contributed by atoms with E-state index in [0.717, 1.165) is 29.8 Å². The first kappa shape index (κ1) is 22.1. The quantitative estimate of drug-likeness (QED) is 0.771. The molecular weight excluding hydrogens is 412 g/mol. The maximum atomic E-state index is 13.3. The molecule has 1 aromatic heterocycles. The zero-order valence-corrected chi connectivity index (χ0v) is 19.1. The van der Waals surface area contributed by atoms with Crippen LogP contribution in [0.25, 0.3) is 0 Å². The van der Waals surface area contributed by atoms with Crippen molar-refractivity contribution in [2.45, 2.75) is 45.1 Å². The molecule has 1 atom stereocenters. The van der Waals surface area contributed by atoms with E-state index >= 15 is 0 Å². The number of nitrogens with zero attached hydrogens (tertiary/aromatic N) is 5. The van der Waals surface area contributed by atoms with Crippen LogP contribution in [0, 0.1) is 6.92 Å².